The number of nitrogens with one attached hydrogen (secondary N) is 1. The van der Waals surface area contributed by atoms with Crippen molar-refractivity contribution >= 4 is 74.1 Å². The van der Waals surface area contributed by atoms with Gasteiger partial charge in [-0.15, -0.1) is 34.4 Å². The predicted octanol–water partition coefficient (Wildman–Crippen LogP) is 3.62. The third-order valence-corrected chi connectivity index (χ3v) is 9.79. The monoisotopic (exact) mass is 558 g/mol. The Morgan fingerprint density at radius 3 is 2.81 bits per heavy atom. The summed E-state index contributed by atoms with van der Waals surface area (Å²) in [5, 5.41) is 25.9. The summed E-state index contributed by atoms with van der Waals surface area (Å²) >= 11 is 5.44. The van der Waals surface area contributed by atoms with E-state index in [0.29, 0.717) is 25.6 Å². The molecule has 2 aliphatic heterocycles. The molecule has 1 aromatic carbocycles. The molecule has 36 heavy (non-hydrogen) atoms. The van der Waals surface area contributed by atoms with E-state index < -0.39 is 23.3 Å². The maximum absolute atomic E-state index is 12.8. The number of aliphatic carboxylic acids is 1. The Labute approximate surface area is 221 Å². The van der Waals surface area contributed by atoms with E-state index in [4.69, 9.17) is 0 Å². The first-order chi connectivity index (χ1) is 17.3. The molecule has 0 radical (unpaired) electrons. The van der Waals surface area contributed by atoms with Gasteiger partial charge in [-0.25, -0.2) is 4.79 Å². The number of aromatic hydroxyl groups is 1. The van der Waals surface area contributed by atoms with Crippen molar-refractivity contribution in [2.75, 3.05) is 5.75 Å². The summed E-state index contributed by atoms with van der Waals surface area (Å²) in [5.41, 5.74) is 0.208. The summed E-state index contributed by atoms with van der Waals surface area (Å²) in [5.74, 6) is -1.52. The van der Waals surface area contributed by atoms with Gasteiger partial charge in [0.15, 0.2) is 5.43 Å². The van der Waals surface area contributed by atoms with E-state index in [9.17, 15) is 29.4 Å². The highest BCUT2D eigenvalue weighted by molar-refractivity contribution is 8.04. The van der Waals surface area contributed by atoms with Crippen LogP contribution in [0.3, 0.4) is 0 Å². The van der Waals surface area contributed by atoms with E-state index in [1.165, 1.54) is 69.3 Å². The lowest BCUT2D eigenvalue weighted by Crippen LogP contribution is -2.70. The first-order valence-electron chi connectivity index (χ1n) is 10.6. The van der Waals surface area contributed by atoms with Gasteiger partial charge in [-0.05, 0) is 46.7 Å². The molecule has 4 heterocycles. The van der Waals surface area contributed by atoms with Crippen LogP contribution >= 0.6 is 46.2 Å². The Morgan fingerprint density at radius 1 is 1.22 bits per heavy atom. The minimum absolute atomic E-state index is 0.0705. The molecule has 12 heteroatoms. The quantitative estimate of drug-likeness (QED) is 0.297. The number of β-lactam (4-membered cyclic amide) rings is 1. The van der Waals surface area contributed by atoms with Crippen LogP contribution in [0.25, 0.3) is 10.1 Å². The fourth-order valence-electron chi connectivity index (χ4n) is 3.93. The molecule has 2 aromatic heterocycles. The molecule has 2 atom stereocenters. The molecule has 0 bridgehead atoms. The number of hydrogen-bond donors (Lipinski definition) is 3. The van der Waals surface area contributed by atoms with Gasteiger partial charge in [-0.3, -0.25) is 19.3 Å². The lowest BCUT2D eigenvalue weighted by Gasteiger charge is -2.49. The number of allylic oxidation sites excluding steroid dienone is 1. The molecule has 8 nitrogen and oxygen atoms in total. The lowest BCUT2D eigenvalue weighted by molar-refractivity contribution is -0.150. The van der Waals surface area contributed by atoms with Crippen LogP contribution < -0.4 is 10.7 Å². The van der Waals surface area contributed by atoms with Gasteiger partial charge < -0.3 is 15.5 Å². The predicted molar refractivity (Wildman–Crippen MR) is 142 cm³/mol. The van der Waals surface area contributed by atoms with E-state index in [1.54, 1.807) is 17.6 Å². The van der Waals surface area contributed by atoms with Gasteiger partial charge in [0.1, 0.15) is 22.9 Å². The molecule has 184 valence electrons. The zero-order valence-corrected chi connectivity index (χ0v) is 21.6. The second kappa shape index (κ2) is 10.1. The number of nitrogens with zero attached hydrogens (tertiary/aromatic N) is 1. The van der Waals surface area contributed by atoms with E-state index >= 15 is 0 Å². The van der Waals surface area contributed by atoms with Crippen LogP contribution in [-0.4, -0.2) is 50.1 Å². The summed E-state index contributed by atoms with van der Waals surface area (Å²) in [4.78, 5) is 51.7. The van der Waals surface area contributed by atoms with Gasteiger partial charge in [0.05, 0.1) is 10.6 Å². The molecule has 0 saturated carbocycles. The number of rotatable bonds is 7. The zero-order valence-electron chi connectivity index (χ0n) is 18.4. The number of phenols is 1. The summed E-state index contributed by atoms with van der Waals surface area (Å²) in [7, 11) is 0. The van der Waals surface area contributed by atoms with Crippen LogP contribution in [0.2, 0.25) is 0 Å². The Hall–Kier alpha value is -3.06. The van der Waals surface area contributed by atoms with Gasteiger partial charge in [0, 0.05) is 26.8 Å². The Balaban J connectivity index is 1.30. The molecule has 1 fully saturated rings. The van der Waals surface area contributed by atoms with Crippen LogP contribution in [0.15, 0.2) is 73.5 Å². The van der Waals surface area contributed by atoms with E-state index in [1.807, 2.05) is 17.5 Å². The smallest absolute Gasteiger partial charge is 0.352 e. The number of amides is 2. The molecule has 1 unspecified atom stereocenters. The van der Waals surface area contributed by atoms with Crippen molar-refractivity contribution in [1.29, 1.82) is 0 Å². The Bertz CT molecular complexity index is 1490. The zero-order chi connectivity index (χ0) is 25.4. The highest BCUT2D eigenvalue weighted by atomic mass is 32.2. The number of thioether (sulfide) groups is 2. The van der Waals surface area contributed by atoms with Crippen molar-refractivity contribution in [1.82, 2.24) is 10.2 Å². The van der Waals surface area contributed by atoms with Gasteiger partial charge >= 0.3 is 5.97 Å². The maximum Gasteiger partial charge on any atom is 0.352 e. The largest absolute Gasteiger partial charge is 0.508 e. The highest BCUT2D eigenvalue weighted by Gasteiger charge is 2.53. The van der Waals surface area contributed by atoms with Gasteiger partial charge in [0.25, 0.3) is 5.91 Å². The number of carboxylic acid groups (broad SMARTS) is 1. The van der Waals surface area contributed by atoms with Crippen molar-refractivity contribution in [2.45, 2.75) is 22.0 Å². The SMILES string of the molecule is O=C(Cc1cccs1)NC1C(=O)N2C(C(=O)O)=C(C=CSc3cc(=O)c4ccc(O)cc4s3)CS[C@H]12. The first kappa shape index (κ1) is 24.6. The number of fused-ring (bicyclic) bond motifs is 2. The molecule has 1 saturated heterocycles. The average Bonchev–Trinajstić information content (AvgIpc) is 3.34. The normalized spacial score (nSPS) is 19.4. The van der Waals surface area contributed by atoms with Crippen molar-refractivity contribution in [3.05, 3.63) is 79.6 Å². The molecule has 0 aliphatic carbocycles. The summed E-state index contributed by atoms with van der Waals surface area (Å²) in [6.07, 6.45) is 1.81. The Kier molecular flexibility index (Phi) is 6.93. The topological polar surface area (TPSA) is 124 Å². The van der Waals surface area contributed by atoms with E-state index in [0.717, 1.165) is 4.88 Å². The number of carbonyl (C=O) groups excluding carboxylic acids is 2. The van der Waals surface area contributed by atoms with Crippen molar-refractivity contribution < 1.29 is 24.6 Å². The van der Waals surface area contributed by atoms with Crippen LogP contribution in [0, 0.1) is 0 Å². The highest BCUT2D eigenvalue weighted by Crippen LogP contribution is 2.41. The molecule has 2 aliphatic rings. The minimum atomic E-state index is -1.22. The van der Waals surface area contributed by atoms with E-state index in [2.05, 4.69) is 5.32 Å². The van der Waals surface area contributed by atoms with Crippen molar-refractivity contribution in [3.63, 3.8) is 0 Å². The summed E-state index contributed by atoms with van der Waals surface area (Å²) < 4.78 is 1.33. The number of carboxylic acids is 1. The third-order valence-electron chi connectivity index (χ3n) is 5.58. The molecule has 3 aromatic rings. The Morgan fingerprint density at radius 2 is 2.06 bits per heavy atom. The molecular weight excluding hydrogens is 541 g/mol. The van der Waals surface area contributed by atoms with Gasteiger partial charge in [-0.2, -0.15) is 0 Å². The van der Waals surface area contributed by atoms with Crippen LogP contribution in [0.5, 0.6) is 5.75 Å². The fourth-order valence-corrected chi connectivity index (χ4v) is 7.96. The van der Waals surface area contributed by atoms with Crippen LogP contribution in [-0.2, 0) is 20.8 Å². The number of thiophene rings is 1. The maximum atomic E-state index is 12.8. The second-order valence-electron chi connectivity index (χ2n) is 7.92. The number of hydrogen-bond acceptors (Lipinski definition) is 9. The molecule has 5 rings (SSSR count). The minimum Gasteiger partial charge on any atom is -0.508 e. The molecule has 0 spiro atoms. The van der Waals surface area contributed by atoms with Crippen molar-refractivity contribution in [2.24, 2.45) is 0 Å². The third kappa shape index (κ3) is 4.81. The molecule has 3 N–H and O–H groups in total. The molecule has 2 amide bonds. The summed E-state index contributed by atoms with van der Waals surface area (Å²) in [6, 6.07) is 9.01. The van der Waals surface area contributed by atoms with Gasteiger partial charge in [-0.1, -0.05) is 17.8 Å². The van der Waals surface area contributed by atoms with Crippen LogP contribution in [0.4, 0.5) is 0 Å². The van der Waals surface area contributed by atoms with Crippen molar-refractivity contribution in [3.8, 4) is 5.75 Å². The summed E-state index contributed by atoms with van der Waals surface area (Å²) in [6.45, 7) is 0. The first-order valence-corrected chi connectivity index (χ1v) is 14.3. The van der Waals surface area contributed by atoms with E-state index in [-0.39, 0.29) is 29.2 Å². The standard InChI is InChI=1S/C24H18N2O6S4/c27-13-3-4-15-16(28)10-19(36-17(15)8-13)34-7-5-12-11-35-23-20(22(30)26(23)21(12)24(31)32)25-18(29)9-14-2-1-6-33-14/h1-8,10,20,23,27H,9,11H2,(H,25,29)(H,31,32)/t20?,23-/m1/s1. The molecular formula is C24H18N2O6S4. The second-order valence-corrected chi connectivity index (χ2v) is 12.3. The number of phenolic OH excluding ortho intramolecular Hbond substituents is 1. The lowest BCUT2D eigenvalue weighted by atomic mass is 10.0. The number of benzene rings is 1. The fraction of sp³-hybridized carbons (Fsp3) is 0.167. The van der Waals surface area contributed by atoms with Crippen LogP contribution in [0.1, 0.15) is 4.88 Å². The number of carbonyl (C=O) groups is 3. The average molecular weight is 559 g/mol. The van der Waals surface area contributed by atoms with Gasteiger partial charge in [0.2, 0.25) is 5.91 Å².